The van der Waals surface area contributed by atoms with Crippen molar-refractivity contribution < 1.29 is 14.7 Å². The molecule has 1 heterocycles. The lowest BCUT2D eigenvalue weighted by Gasteiger charge is -2.32. The van der Waals surface area contributed by atoms with Crippen molar-refractivity contribution in [1.29, 1.82) is 0 Å². The molecule has 0 unspecified atom stereocenters. The molecule has 36 heavy (non-hydrogen) atoms. The standard InChI is InChI=1S/C31H42N2O3/c1-30(2,3)23-13-21(14-24(18-23)31(4)10-11-31)27-20(12-19-8-6-5-7-9-19)17-26(33-27)28(34)32-25-15-22(16-25)29(35)36/h13-14,17-19,22,25,33H,5-12,15-16H2,1-4H3,(H,32,34)(H,35,36)/t22-,25-. The Morgan fingerprint density at radius 2 is 1.75 bits per heavy atom. The van der Waals surface area contributed by atoms with E-state index in [1.807, 2.05) is 0 Å². The number of rotatable bonds is 7. The lowest BCUT2D eigenvalue weighted by atomic mass is 9.80. The predicted molar refractivity (Wildman–Crippen MR) is 143 cm³/mol. The van der Waals surface area contributed by atoms with Gasteiger partial charge in [0.25, 0.3) is 5.91 Å². The van der Waals surface area contributed by atoms with Crippen LogP contribution in [0.1, 0.15) is 113 Å². The lowest BCUT2D eigenvalue weighted by molar-refractivity contribution is -0.145. The highest BCUT2D eigenvalue weighted by Gasteiger charge is 2.40. The number of H-pyrrole nitrogens is 1. The summed E-state index contributed by atoms with van der Waals surface area (Å²) in [5.41, 5.74) is 7.14. The molecule has 194 valence electrons. The van der Waals surface area contributed by atoms with Gasteiger partial charge in [0.2, 0.25) is 0 Å². The van der Waals surface area contributed by atoms with E-state index in [1.165, 1.54) is 67.2 Å². The molecule has 3 aliphatic carbocycles. The van der Waals surface area contributed by atoms with Crippen LogP contribution in [-0.2, 0) is 22.0 Å². The van der Waals surface area contributed by atoms with Gasteiger partial charge in [-0.2, -0.15) is 0 Å². The van der Waals surface area contributed by atoms with Crippen molar-refractivity contribution in [2.45, 2.75) is 109 Å². The third kappa shape index (κ3) is 5.26. The van der Waals surface area contributed by atoms with Crippen LogP contribution in [0, 0.1) is 11.8 Å². The van der Waals surface area contributed by atoms with Gasteiger partial charge >= 0.3 is 5.97 Å². The van der Waals surface area contributed by atoms with Gasteiger partial charge in [0.15, 0.2) is 0 Å². The molecule has 0 bridgehead atoms. The van der Waals surface area contributed by atoms with Crippen LogP contribution in [0.15, 0.2) is 24.3 Å². The second-order valence-electron chi connectivity index (χ2n) is 13.1. The summed E-state index contributed by atoms with van der Waals surface area (Å²) in [6.45, 7) is 9.16. The van der Waals surface area contributed by atoms with E-state index < -0.39 is 5.97 Å². The lowest BCUT2D eigenvalue weighted by Crippen LogP contribution is -2.46. The van der Waals surface area contributed by atoms with Crippen molar-refractivity contribution in [3.05, 3.63) is 46.6 Å². The molecular formula is C31H42N2O3. The van der Waals surface area contributed by atoms with Crippen LogP contribution in [-0.4, -0.2) is 28.0 Å². The first-order valence-corrected chi connectivity index (χ1v) is 13.9. The van der Waals surface area contributed by atoms with E-state index in [0.717, 1.165) is 12.1 Å². The van der Waals surface area contributed by atoms with Gasteiger partial charge in [-0.05, 0) is 89.3 Å². The maximum atomic E-state index is 13.2. The number of amides is 1. The zero-order valence-corrected chi connectivity index (χ0v) is 22.4. The maximum Gasteiger partial charge on any atom is 0.306 e. The molecule has 3 saturated carbocycles. The van der Waals surface area contributed by atoms with Crippen molar-refractivity contribution in [3.8, 4) is 11.3 Å². The van der Waals surface area contributed by atoms with E-state index >= 15 is 0 Å². The summed E-state index contributed by atoms with van der Waals surface area (Å²) in [6.07, 6.45) is 10.9. The molecule has 0 atom stereocenters. The molecule has 1 aromatic heterocycles. The highest BCUT2D eigenvalue weighted by molar-refractivity contribution is 5.94. The molecule has 3 aliphatic rings. The van der Waals surface area contributed by atoms with Crippen molar-refractivity contribution in [1.82, 2.24) is 10.3 Å². The third-order valence-corrected chi connectivity index (χ3v) is 8.98. The number of aromatic nitrogens is 1. The molecule has 0 saturated heterocycles. The van der Waals surface area contributed by atoms with Crippen LogP contribution in [0.25, 0.3) is 11.3 Å². The van der Waals surface area contributed by atoms with Crippen molar-refractivity contribution in [3.63, 3.8) is 0 Å². The van der Waals surface area contributed by atoms with Crippen LogP contribution in [0.4, 0.5) is 0 Å². The van der Waals surface area contributed by atoms with E-state index in [-0.39, 0.29) is 28.7 Å². The predicted octanol–water partition coefficient (Wildman–Crippen LogP) is 6.75. The summed E-state index contributed by atoms with van der Waals surface area (Å²) in [4.78, 5) is 27.9. The van der Waals surface area contributed by atoms with Crippen LogP contribution in [0.5, 0.6) is 0 Å². The largest absolute Gasteiger partial charge is 0.481 e. The summed E-state index contributed by atoms with van der Waals surface area (Å²) in [7, 11) is 0. The van der Waals surface area contributed by atoms with Crippen LogP contribution in [0.2, 0.25) is 0 Å². The molecule has 1 aromatic carbocycles. The summed E-state index contributed by atoms with van der Waals surface area (Å²) in [5.74, 6) is -0.560. The van der Waals surface area contributed by atoms with Crippen LogP contribution < -0.4 is 5.32 Å². The molecule has 0 aliphatic heterocycles. The maximum absolute atomic E-state index is 13.2. The summed E-state index contributed by atoms with van der Waals surface area (Å²) in [5, 5.41) is 12.2. The van der Waals surface area contributed by atoms with Crippen LogP contribution >= 0.6 is 0 Å². The minimum Gasteiger partial charge on any atom is -0.481 e. The fourth-order valence-electron chi connectivity index (χ4n) is 5.97. The third-order valence-electron chi connectivity index (χ3n) is 8.98. The van der Waals surface area contributed by atoms with E-state index in [4.69, 9.17) is 5.11 Å². The number of nitrogens with one attached hydrogen (secondary N) is 2. The van der Waals surface area contributed by atoms with E-state index in [0.29, 0.717) is 24.5 Å². The molecule has 1 amide bonds. The second kappa shape index (κ2) is 9.39. The highest BCUT2D eigenvalue weighted by atomic mass is 16.4. The number of benzene rings is 1. The fourth-order valence-corrected chi connectivity index (χ4v) is 5.97. The number of aliphatic carboxylic acids is 1. The smallest absolute Gasteiger partial charge is 0.306 e. The Labute approximate surface area is 215 Å². The molecule has 0 spiro atoms. The van der Waals surface area contributed by atoms with E-state index in [2.05, 4.69) is 62.3 Å². The van der Waals surface area contributed by atoms with Crippen molar-refractivity contribution in [2.75, 3.05) is 0 Å². The average Bonchev–Trinajstić information content (AvgIpc) is 3.42. The van der Waals surface area contributed by atoms with Crippen LogP contribution in [0.3, 0.4) is 0 Å². The monoisotopic (exact) mass is 490 g/mol. The van der Waals surface area contributed by atoms with Gasteiger partial charge in [-0.15, -0.1) is 0 Å². The molecular weight excluding hydrogens is 448 g/mol. The number of hydrogen-bond acceptors (Lipinski definition) is 2. The Hall–Kier alpha value is -2.56. The molecule has 3 fully saturated rings. The molecule has 5 heteroatoms. The number of carbonyl (C=O) groups excluding carboxylic acids is 1. The van der Waals surface area contributed by atoms with Gasteiger partial charge in [0.05, 0.1) is 5.92 Å². The number of hydrogen-bond donors (Lipinski definition) is 3. The Morgan fingerprint density at radius 1 is 1.06 bits per heavy atom. The Morgan fingerprint density at radius 3 is 2.36 bits per heavy atom. The SMILES string of the molecule is CC(C)(C)c1cc(-c2[nH]c(C(=O)N[C@H]3C[C@H](C(=O)O)C3)cc2CC2CCCCC2)cc(C2(C)CC2)c1. The Balaban J connectivity index is 1.48. The summed E-state index contributed by atoms with van der Waals surface area (Å²) >= 11 is 0. The Bertz CT molecular complexity index is 1120. The average molecular weight is 491 g/mol. The minimum atomic E-state index is -0.767. The molecule has 5 nitrogen and oxygen atoms in total. The minimum absolute atomic E-state index is 0.0389. The first kappa shape index (κ1) is 25.1. The molecule has 0 radical (unpaired) electrons. The fraction of sp³-hybridized carbons (Fsp3) is 0.613. The molecule has 3 N–H and O–H groups in total. The van der Waals surface area contributed by atoms with Crippen molar-refractivity contribution in [2.24, 2.45) is 11.8 Å². The summed E-state index contributed by atoms with van der Waals surface area (Å²) in [6, 6.07) is 9.07. The van der Waals surface area contributed by atoms with E-state index in [1.54, 1.807) is 0 Å². The number of carboxylic acid groups (broad SMARTS) is 1. The molecule has 2 aromatic rings. The number of aromatic amines is 1. The van der Waals surface area contributed by atoms with Gasteiger partial charge < -0.3 is 15.4 Å². The zero-order chi connectivity index (χ0) is 25.7. The second-order valence-corrected chi connectivity index (χ2v) is 13.1. The van der Waals surface area contributed by atoms with Gasteiger partial charge in [-0.3, -0.25) is 9.59 Å². The zero-order valence-electron chi connectivity index (χ0n) is 22.4. The van der Waals surface area contributed by atoms with Gasteiger partial charge in [0, 0.05) is 11.7 Å². The highest BCUT2D eigenvalue weighted by Crippen LogP contribution is 2.49. The molecule has 5 rings (SSSR count). The summed E-state index contributed by atoms with van der Waals surface area (Å²) < 4.78 is 0. The van der Waals surface area contributed by atoms with Crippen molar-refractivity contribution >= 4 is 11.9 Å². The number of carbonyl (C=O) groups is 2. The van der Waals surface area contributed by atoms with Gasteiger partial charge in [0.1, 0.15) is 5.69 Å². The quantitative estimate of drug-likeness (QED) is 0.402. The number of carboxylic acids is 1. The van der Waals surface area contributed by atoms with Gasteiger partial charge in [-0.1, -0.05) is 65.9 Å². The topological polar surface area (TPSA) is 82.2 Å². The first-order valence-electron chi connectivity index (χ1n) is 13.9. The van der Waals surface area contributed by atoms with E-state index in [9.17, 15) is 9.59 Å². The van der Waals surface area contributed by atoms with Gasteiger partial charge in [-0.25, -0.2) is 0 Å². The first-order chi connectivity index (χ1) is 17.0. The normalized spacial score (nSPS) is 23.7. The Kier molecular flexibility index (Phi) is 6.55.